The lowest BCUT2D eigenvalue weighted by Crippen LogP contribution is -2.03. The highest BCUT2D eigenvalue weighted by Crippen LogP contribution is 2.45. The van der Waals surface area contributed by atoms with E-state index in [0.29, 0.717) is 29.2 Å². The number of fused-ring (bicyclic) bond motifs is 1. The topological polar surface area (TPSA) is 95.7 Å². The van der Waals surface area contributed by atoms with Gasteiger partial charge in [-0.1, -0.05) is 30.3 Å². The molecule has 2 N–H and O–H groups in total. The molecule has 0 fully saturated rings. The Bertz CT molecular complexity index is 1400. The smallest absolute Gasteiger partial charge is 0.148 e. The van der Waals surface area contributed by atoms with Gasteiger partial charge >= 0.3 is 0 Å². The molecule has 5 nitrogen and oxygen atoms in total. The number of pyridine rings is 1. The highest BCUT2D eigenvalue weighted by atomic mass is 79.9. The van der Waals surface area contributed by atoms with Crippen LogP contribution in [0.4, 0.5) is 5.82 Å². The van der Waals surface area contributed by atoms with Crippen molar-refractivity contribution >= 4 is 54.9 Å². The van der Waals surface area contributed by atoms with Crippen LogP contribution in [0.15, 0.2) is 57.0 Å². The van der Waals surface area contributed by atoms with Gasteiger partial charge in [0.15, 0.2) is 0 Å². The van der Waals surface area contributed by atoms with Crippen molar-refractivity contribution in [2.75, 3.05) is 5.73 Å². The van der Waals surface area contributed by atoms with E-state index < -0.39 is 0 Å². The standard InChI is InChI=1S/C26H18Br2N4O/c1-14-18(23-15(2)20(12-30)26(31)32-24(23)19(14)11-29)8-17-9-21(27)25(22(28)10-17)33-13-16-6-4-3-5-7-16/h3-10H,13H2,1-2H3,(H2,31,32)/b18-8-. The van der Waals surface area contributed by atoms with Crippen molar-refractivity contribution in [3.63, 3.8) is 0 Å². The summed E-state index contributed by atoms with van der Waals surface area (Å²) >= 11 is 7.24. The molecule has 1 heterocycles. The molecule has 2 aromatic carbocycles. The summed E-state index contributed by atoms with van der Waals surface area (Å²) in [6, 6.07) is 18.2. The number of ether oxygens (including phenoxy) is 1. The summed E-state index contributed by atoms with van der Waals surface area (Å²) in [7, 11) is 0. The number of nitrogen functional groups attached to an aromatic ring is 1. The van der Waals surface area contributed by atoms with E-state index >= 15 is 0 Å². The van der Waals surface area contributed by atoms with Gasteiger partial charge in [0.1, 0.15) is 30.3 Å². The fraction of sp³-hybridized carbons (Fsp3) is 0.115. The van der Waals surface area contributed by atoms with Crippen molar-refractivity contribution in [1.82, 2.24) is 4.98 Å². The number of allylic oxidation sites excluding steroid dienone is 3. The highest BCUT2D eigenvalue weighted by molar-refractivity contribution is 9.11. The van der Waals surface area contributed by atoms with Gasteiger partial charge in [0.25, 0.3) is 0 Å². The maximum atomic E-state index is 9.74. The highest BCUT2D eigenvalue weighted by Gasteiger charge is 2.29. The van der Waals surface area contributed by atoms with Crippen molar-refractivity contribution < 1.29 is 4.74 Å². The number of halogens is 2. The largest absolute Gasteiger partial charge is 0.487 e. The van der Waals surface area contributed by atoms with Gasteiger partial charge in [-0.3, -0.25) is 0 Å². The first-order valence-electron chi connectivity index (χ1n) is 10.1. The van der Waals surface area contributed by atoms with Crippen molar-refractivity contribution in [3.05, 3.63) is 90.5 Å². The molecule has 0 atom stereocenters. The van der Waals surface area contributed by atoms with Crippen molar-refractivity contribution in [2.45, 2.75) is 20.5 Å². The van der Waals surface area contributed by atoms with E-state index in [1.807, 2.05) is 62.4 Å². The number of benzene rings is 2. The molecule has 0 amide bonds. The van der Waals surface area contributed by atoms with E-state index in [1.165, 1.54) is 0 Å². The second-order valence-corrected chi connectivity index (χ2v) is 9.30. The molecule has 0 radical (unpaired) electrons. The van der Waals surface area contributed by atoms with Crippen LogP contribution in [0.1, 0.15) is 40.4 Å². The second kappa shape index (κ2) is 9.23. The first-order valence-corrected chi connectivity index (χ1v) is 11.6. The fourth-order valence-corrected chi connectivity index (χ4v) is 5.34. The molecule has 1 aliphatic carbocycles. The number of aromatic nitrogens is 1. The van der Waals surface area contributed by atoms with Crippen LogP contribution in [0.3, 0.4) is 0 Å². The van der Waals surface area contributed by atoms with Crippen LogP contribution in [0.2, 0.25) is 0 Å². The van der Waals surface area contributed by atoms with Crippen LogP contribution in [-0.2, 0) is 6.61 Å². The number of anilines is 1. The quantitative estimate of drug-likeness (QED) is 0.378. The van der Waals surface area contributed by atoms with Crippen LogP contribution in [0.5, 0.6) is 5.75 Å². The minimum atomic E-state index is 0.140. The van der Waals surface area contributed by atoms with Gasteiger partial charge in [-0.05, 0) is 91.8 Å². The molecule has 0 bridgehead atoms. The molecule has 0 unspecified atom stereocenters. The SMILES string of the molecule is CC1=C(C#N)c2nc(N)c(C#N)c(C)c2/C1=C\c1cc(Br)c(OCc2ccccc2)c(Br)c1. The lowest BCUT2D eigenvalue weighted by atomic mass is 9.95. The number of nitrogens with two attached hydrogens (primary N) is 1. The van der Waals surface area contributed by atoms with Crippen molar-refractivity contribution in [2.24, 2.45) is 0 Å². The first kappa shape index (κ1) is 22.8. The number of rotatable bonds is 4. The molecule has 0 aliphatic heterocycles. The molecule has 33 heavy (non-hydrogen) atoms. The number of nitriles is 2. The van der Waals surface area contributed by atoms with Gasteiger partial charge < -0.3 is 10.5 Å². The third-order valence-corrected chi connectivity index (χ3v) is 6.72. The van der Waals surface area contributed by atoms with Crippen LogP contribution >= 0.6 is 31.9 Å². The van der Waals surface area contributed by atoms with Gasteiger partial charge in [-0.25, -0.2) is 4.98 Å². The van der Waals surface area contributed by atoms with E-state index in [1.54, 1.807) is 0 Å². The summed E-state index contributed by atoms with van der Waals surface area (Å²) < 4.78 is 7.62. The molecule has 162 valence electrons. The second-order valence-electron chi connectivity index (χ2n) is 7.59. The molecule has 3 aromatic rings. The lowest BCUT2D eigenvalue weighted by molar-refractivity contribution is 0.302. The van der Waals surface area contributed by atoms with Crippen LogP contribution in [0, 0.1) is 29.6 Å². The molecule has 1 aromatic heterocycles. The van der Waals surface area contributed by atoms with Gasteiger partial charge in [-0.15, -0.1) is 0 Å². The summed E-state index contributed by atoms with van der Waals surface area (Å²) in [5.41, 5.74) is 12.4. The Balaban J connectivity index is 1.76. The maximum absolute atomic E-state index is 9.74. The molecule has 4 rings (SSSR count). The Hall–Kier alpha value is -3.39. The third kappa shape index (κ3) is 4.18. The van der Waals surface area contributed by atoms with E-state index in [2.05, 4.69) is 49.0 Å². The predicted octanol–water partition coefficient (Wildman–Crippen LogP) is 6.80. The zero-order chi connectivity index (χ0) is 23.7. The average molecular weight is 562 g/mol. The van der Waals surface area contributed by atoms with E-state index in [0.717, 1.165) is 42.3 Å². The monoisotopic (exact) mass is 560 g/mol. The summed E-state index contributed by atoms with van der Waals surface area (Å²) in [5.74, 6) is 0.844. The minimum absolute atomic E-state index is 0.140. The fourth-order valence-electron chi connectivity index (χ4n) is 3.89. The summed E-state index contributed by atoms with van der Waals surface area (Å²) in [5, 5.41) is 19.3. The van der Waals surface area contributed by atoms with Crippen molar-refractivity contribution in [1.29, 1.82) is 10.5 Å². The maximum Gasteiger partial charge on any atom is 0.148 e. The zero-order valence-corrected chi connectivity index (χ0v) is 21.1. The Morgan fingerprint density at radius 3 is 2.33 bits per heavy atom. The summed E-state index contributed by atoms with van der Waals surface area (Å²) in [6.45, 7) is 4.17. The molecule has 0 spiro atoms. The molecule has 0 saturated carbocycles. The zero-order valence-electron chi connectivity index (χ0n) is 17.9. The summed E-state index contributed by atoms with van der Waals surface area (Å²) in [6.07, 6.45) is 1.99. The molecule has 1 aliphatic rings. The Morgan fingerprint density at radius 2 is 1.73 bits per heavy atom. The van der Waals surface area contributed by atoms with E-state index in [4.69, 9.17) is 10.5 Å². The van der Waals surface area contributed by atoms with E-state index in [-0.39, 0.29) is 5.82 Å². The molecular weight excluding hydrogens is 544 g/mol. The van der Waals surface area contributed by atoms with Gasteiger partial charge in [0.2, 0.25) is 0 Å². The number of hydrogen-bond donors (Lipinski definition) is 1. The summed E-state index contributed by atoms with van der Waals surface area (Å²) in [4.78, 5) is 4.38. The molecule has 0 saturated heterocycles. The Kier molecular flexibility index (Phi) is 6.37. The molecular formula is C26H18Br2N4O. The lowest BCUT2D eigenvalue weighted by Gasteiger charge is -2.13. The van der Waals surface area contributed by atoms with Crippen LogP contribution < -0.4 is 10.5 Å². The average Bonchev–Trinajstić information content (AvgIpc) is 3.04. The molecule has 7 heteroatoms. The van der Waals surface area contributed by atoms with E-state index in [9.17, 15) is 10.5 Å². The van der Waals surface area contributed by atoms with Crippen LogP contribution in [0.25, 0.3) is 17.2 Å². The Morgan fingerprint density at radius 1 is 1.06 bits per heavy atom. The predicted molar refractivity (Wildman–Crippen MR) is 137 cm³/mol. The van der Waals surface area contributed by atoms with Gasteiger partial charge in [-0.2, -0.15) is 10.5 Å². The minimum Gasteiger partial charge on any atom is -0.487 e. The van der Waals surface area contributed by atoms with Crippen molar-refractivity contribution in [3.8, 4) is 17.9 Å². The third-order valence-electron chi connectivity index (χ3n) is 5.54. The van der Waals surface area contributed by atoms with Gasteiger partial charge in [0.05, 0.1) is 25.8 Å². The van der Waals surface area contributed by atoms with Crippen LogP contribution in [-0.4, -0.2) is 4.98 Å². The van der Waals surface area contributed by atoms with Gasteiger partial charge in [0, 0.05) is 5.56 Å². The number of hydrogen-bond acceptors (Lipinski definition) is 5. The number of nitrogens with zero attached hydrogens (tertiary/aromatic N) is 3. The first-order chi connectivity index (χ1) is 15.8. The Labute approximate surface area is 209 Å². The normalized spacial score (nSPS) is 13.6.